The molecule has 2 aromatic rings. The molecule has 166 valence electrons. The van der Waals surface area contributed by atoms with Gasteiger partial charge in [0.25, 0.3) is 0 Å². The zero-order valence-corrected chi connectivity index (χ0v) is 18.0. The fourth-order valence-electron chi connectivity index (χ4n) is 3.85. The predicted molar refractivity (Wildman–Crippen MR) is 116 cm³/mol. The summed E-state index contributed by atoms with van der Waals surface area (Å²) >= 11 is 0. The highest BCUT2D eigenvalue weighted by Gasteiger charge is 2.21. The van der Waals surface area contributed by atoms with E-state index in [1.807, 2.05) is 0 Å². The molecule has 0 amide bonds. The number of unbranched alkanes of at least 4 members (excludes halogenated alkanes) is 1. The van der Waals surface area contributed by atoms with Crippen molar-refractivity contribution >= 4 is 17.6 Å². The minimum Gasteiger partial charge on any atom is -0.481 e. The summed E-state index contributed by atoms with van der Waals surface area (Å²) in [5.41, 5.74) is 2.84. The highest BCUT2D eigenvalue weighted by Crippen LogP contribution is 2.25. The molecule has 0 fully saturated rings. The summed E-state index contributed by atoms with van der Waals surface area (Å²) in [6.07, 6.45) is 7.78. The molecule has 1 aliphatic heterocycles. The molecule has 1 unspecified atom stereocenters. The Hall–Kier alpha value is -3.03. The second kappa shape index (κ2) is 11.4. The number of aliphatic carboxylic acids is 1. The molecule has 3 heterocycles. The van der Waals surface area contributed by atoms with Crippen molar-refractivity contribution in [3.8, 4) is 6.01 Å². The SMILES string of the molecule is COc1nccc(C(CC(=O)O)CC(=O)CCCCc2ccc3c(n2)NCCCC3)n1. The first-order valence-corrected chi connectivity index (χ1v) is 10.9. The van der Waals surface area contributed by atoms with Crippen molar-refractivity contribution < 1.29 is 19.4 Å². The number of carbonyl (C=O) groups excluding carboxylic acids is 1. The first kappa shape index (κ1) is 22.7. The molecule has 1 atom stereocenters. The number of aromatic nitrogens is 3. The number of rotatable bonds is 11. The number of ether oxygens (including phenoxy) is 1. The molecular formula is C23H30N4O4. The Morgan fingerprint density at radius 2 is 2.03 bits per heavy atom. The normalized spacial score (nSPS) is 14.1. The molecule has 0 bridgehead atoms. The van der Waals surface area contributed by atoms with Gasteiger partial charge in [-0.1, -0.05) is 6.07 Å². The van der Waals surface area contributed by atoms with Crippen molar-refractivity contribution in [1.82, 2.24) is 15.0 Å². The maximum Gasteiger partial charge on any atom is 0.316 e. The van der Waals surface area contributed by atoms with Gasteiger partial charge in [0.2, 0.25) is 0 Å². The van der Waals surface area contributed by atoms with Crippen LogP contribution < -0.4 is 10.1 Å². The Kier molecular flexibility index (Phi) is 8.32. The van der Waals surface area contributed by atoms with Crippen LogP contribution >= 0.6 is 0 Å². The van der Waals surface area contributed by atoms with Crippen LogP contribution in [0.4, 0.5) is 5.82 Å². The highest BCUT2D eigenvalue weighted by atomic mass is 16.5. The topological polar surface area (TPSA) is 114 Å². The Morgan fingerprint density at radius 3 is 2.84 bits per heavy atom. The van der Waals surface area contributed by atoms with Gasteiger partial charge in [0.05, 0.1) is 19.2 Å². The van der Waals surface area contributed by atoms with E-state index in [-0.39, 0.29) is 24.6 Å². The van der Waals surface area contributed by atoms with Gasteiger partial charge >= 0.3 is 12.0 Å². The molecule has 3 rings (SSSR count). The number of methoxy groups -OCH3 is 1. The van der Waals surface area contributed by atoms with Crippen LogP contribution in [0.25, 0.3) is 0 Å². The number of anilines is 1. The van der Waals surface area contributed by atoms with Crippen LogP contribution in [0.15, 0.2) is 24.4 Å². The van der Waals surface area contributed by atoms with Crippen LogP contribution in [-0.4, -0.2) is 45.5 Å². The van der Waals surface area contributed by atoms with Gasteiger partial charge in [-0.3, -0.25) is 9.59 Å². The van der Waals surface area contributed by atoms with Crippen molar-refractivity contribution in [2.45, 2.75) is 63.7 Å². The highest BCUT2D eigenvalue weighted by molar-refractivity contribution is 5.80. The summed E-state index contributed by atoms with van der Waals surface area (Å²) in [6.45, 7) is 0.966. The number of hydrogen-bond donors (Lipinski definition) is 2. The number of carboxylic acids is 1. The summed E-state index contributed by atoms with van der Waals surface area (Å²) < 4.78 is 5.01. The summed E-state index contributed by atoms with van der Waals surface area (Å²) in [7, 11) is 1.45. The molecular weight excluding hydrogens is 396 g/mol. The Balaban J connectivity index is 1.49. The van der Waals surface area contributed by atoms with Gasteiger partial charge in [-0.05, 0) is 56.2 Å². The van der Waals surface area contributed by atoms with E-state index in [1.165, 1.54) is 31.7 Å². The van der Waals surface area contributed by atoms with Crippen molar-refractivity contribution in [3.63, 3.8) is 0 Å². The van der Waals surface area contributed by atoms with Gasteiger partial charge in [-0.25, -0.2) is 9.97 Å². The maximum atomic E-state index is 12.5. The average Bonchev–Trinajstić information content (AvgIpc) is 3.01. The fraction of sp³-hybridized carbons (Fsp3) is 0.522. The largest absolute Gasteiger partial charge is 0.481 e. The lowest BCUT2D eigenvalue weighted by atomic mass is 9.93. The number of nitrogens with zero attached hydrogens (tertiary/aromatic N) is 3. The van der Waals surface area contributed by atoms with Crippen LogP contribution in [-0.2, 0) is 22.4 Å². The van der Waals surface area contributed by atoms with E-state index in [9.17, 15) is 14.7 Å². The van der Waals surface area contributed by atoms with Crippen LogP contribution in [0, 0.1) is 0 Å². The number of carboxylic acid groups (broad SMARTS) is 1. The third-order valence-corrected chi connectivity index (χ3v) is 5.49. The molecule has 0 saturated heterocycles. The van der Waals surface area contributed by atoms with E-state index in [2.05, 4.69) is 27.4 Å². The van der Waals surface area contributed by atoms with Crippen LogP contribution in [0.2, 0.25) is 0 Å². The van der Waals surface area contributed by atoms with Crippen LogP contribution in [0.3, 0.4) is 0 Å². The summed E-state index contributed by atoms with van der Waals surface area (Å²) in [6, 6.07) is 6.05. The van der Waals surface area contributed by atoms with E-state index < -0.39 is 11.9 Å². The molecule has 0 aliphatic carbocycles. The molecule has 0 aromatic carbocycles. The standard InChI is InChI=1S/C23H30N4O4/c1-31-23-25-13-11-20(27-23)17(15-21(29)30)14-19(28)8-3-2-7-18-10-9-16-6-4-5-12-24-22(16)26-18/h9-11,13,17H,2-8,12,14-15H2,1H3,(H,24,26)(H,29,30). The fourth-order valence-corrected chi connectivity index (χ4v) is 3.85. The number of ketones is 1. The monoisotopic (exact) mass is 426 g/mol. The third-order valence-electron chi connectivity index (χ3n) is 5.49. The summed E-state index contributed by atoms with van der Waals surface area (Å²) in [5, 5.41) is 12.6. The van der Waals surface area contributed by atoms with Crippen LogP contribution in [0.1, 0.15) is 67.8 Å². The lowest BCUT2D eigenvalue weighted by Crippen LogP contribution is -2.13. The van der Waals surface area contributed by atoms with Gasteiger partial charge in [-0.15, -0.1) is 0 Å². The molecule has 2 aromatic heterocycles. The minimum absolute atomic E-state index is 0.0420. The molecule has 8 heteroatoms. The zero-order chi connectivity index (χ0) is 22.1. The predicted octanol–water partition coefficient (Wildman–Crippen LogP) is 3.56. The summed E-state index contributed by atoms with van der Waals surface area (Å²) in [5.74, 6) is -0.402. The zero-order valence-electron chi connectivity index (χ0n) is 18.0. The third kappa shape index (κ3) is 7.01. The van der Waals surface area contributed by atoms with Crippen molar-refractivity contribution in [3.05, 3.63) is 41.3 Å². The van der Waals surface area contributed by atoms with E-state index in [4.69, 9.17) is 9.72 Å². The second-order valence-electron chi connectivity index (χ2n) is 7.91. The molecule has 31 heavy (non-hydrogen) atoms. The molecule has 0 radical (unpaired) electrons. The van der Waals surface area contributed by atoms with E-state index in [0.717, 1.165) is 43.7 Å². The Bertz CT molecular complexity index is 903. The smallest absolute Gasteiger partial charge is 0.316 e. The number of Topliss-reactive ketones (excluding diaryl/α,β-unsaturated/α-hetero) is 1. The van der Waals surface area contributed by atoms with Crippen molar-refractivity contribution in [2.75, 3.05) is 19.0 Å². The minimum atomic E-state index is -0.960. The number of carbonyl (C=O) groups is 2. The van der Waals surface area contributed by atoms with E-state index in [1.54, 1.807) is 6.07 Å². The molecule has 2 N–H and O–H groups in total. The van der Waals surface area contributed by atoms with Crippen LogP contribution in [0.5, 0.6) is 6.01 Å². The molecule has 1 aliphatic rings. The molecule has 8 nitrogen and oxygen atoms in total. The van der Waals surface area contributed by atoms with Gasteiger partial charge in [0.1, 0.15) is 11.6 Å². The van der Waals surface area contributed by atoms with Gasteiger partial charge in [-0.2, -0.15) is 4.98 Å². The molecule has 0 spiro atoms. The Morgan fingerprint density at radius 1 is 1.16 bits per heavy atom. The first-order chi connectivity index (χ1) is 15.0. The molecule has 0 saturated carbocycles. The van der Waals surface area contributed by atoms with Gasteiger partial charge in [0, 0.05) is 37.2 Å². The average molecular weight is 427 g/mol. The lowest BCUT2D eigenvalue weighted by molar-refractivity contribution is -0.137. The maximum absolute atomic E-state index is 12.5. The van der Waals surface area contributed by atoms with Crippen molar-refractivity contribution in [1.29, 1.82) is 0 Å². The first-order valence-electron chi connectivity index (χ1n) is 10.9. The number of pyridine rings is 1. The second-order valence-corrected chi connectivity index (χ2v) is 7.91. The number of nitrogens with one attached hydrogen (secondary N) is 1. The quantitative estimate of drug-likeness (QED) is 0.524. The van der Waals surface area contributed by atoms with Gasteiger partial charge < -0.3 is 15.2 Å². The van der Waals surface area contributed by atoms with Gasteiger partial charge in [0.15, 0.2) is 0 Å². The lowest BCUT2D eigenvalue weighted by Gasteiger charge is -2.14. The Labute approximate surface area is 182 Å². The van der Waals surface area contributed by atoms with Crippen molar-refractivity contribution in [2.24, 2.45) is 0 Å². The van der Waals surface area contributed by atoms with E-state index >= 15 is 0 Å². The summed E-state index contributed by atoms with van der Waals surface area (Å²) in [4.78, 5) is 36.7. The number of aryl methyl sites for hydroxylation is 2. The number of hydrogen-bond acceptors (Lipinski definition) is 7. The number of fused-ring (bicyclic) bond motifs is 1. The van der Waals surface area contributed by atoms with E-state index in [0.29, 0.717) is 12.1 Å².